The lowest BCUT2D eigenvalue weighted by atomic mass is 9.71. The lowest BCUT2D eigenvalue weighted by Crippen LogP contribution is -2.67. The zero-order valence-corrected chi connectivity index (χ0v) is 23.0. The fourth-order valence-corrected chi connectivity index (χ4v) is 8.20. The molecule has 5 fully saturated rings. The summed E-state index contributed by atoms with van der Waals surface area (Å²) in [6.07, 6.45) is 5.18. The van der Waals surface area contributed by atoms with Gasteiger partial charge in [0.15, 0.2) is 5.96 Å². The van der Waals surface area contributed by atoms with Crippen LogP contribution >= 0.6 is 0 Å². The van der Waals surface area contributed by atoms with E-state index in [9.17, 15) is 13.2 Å². The van der Waals surface area contributed by atoms with E-state index < -0.39 is 12.2 Å². The molecule has 212 valence electrons. The molecule has 2 aliphatic carbocycles. The van der Waals surface area contributed by atoms with Crippen LogP contribution in [-0.2, 0) is 0 Å². The first-order valence-corrected chi connectivity index (χ1v) is 14.6. The zero-order valence-electron chi connectivity index (χ0n) is 23.0. The first-order valence-electron chi connectivity index (χ1n) is 14.6. The summed E-state index contributed by atoms with van der Waals surface area (Å²) in [5, 5.41) is 19.5. The molecule has 0 aromatic rings. The van der Waals surface area contributed by atoms with Crippen LogP contribution in [0.1, 0.15) is 65.2 Å². The number of hydrogen-bond donors (Lipinski definition) is 4. The summed E-state index contributed by atoms with van der Waals surface area (Å²) in [6.45, 7) is 6.50. The Bertz CT molecular complexity index is 799. The standard InChI is InChI=1S/C27H48F3N7/c1-16(2)19-7-5-6-8-20(19)23-32-13-21-25(34-23)37(26(31)36(21)4)14-17-9-11-18(12-10-17)24-33-22(15-35(24)3)27(28,29)30/h16-25,31-34H,5-15H2,1-4H3. The maximum atomic E-state index is 13.2. The number of halogens is 3. The number of nitrogens with zero attached hydrogens (tertiary/aromatic N) is 3. The van der Waals surface area contributed by atoms with Crippen molar-refractivity contribution in [1.82, 2.24) is 30.7 Å². The van der Waals surface area contributed by atoms with Crippen LogP contribution in [0.25, 0.3) is 0 Å². The topological polar surface area (TPSA) is 69.7 Å². The summed E-state index contributed by atoms with van der Waals surface area (Å²) in [6, 6.07) is -1.17. The third-order valence-corrected chi connectivity index (χ3v) is 10.4. The van der Waals surface area contributed by atoms with E-state index in [1.165, 1.54) is 25.7 Å². The monoisotopic (exact) mass is 527 g/mol. The maximum absolute atomic E-state index is 13.2. The van der Waals surface area contributed by atoms with Crippen LogP contribution in [0.4, 0.5) is 13.2 Å². The minimum atomic E-state index is -4.19. The highest BCUT2D eigenvalue weighted by Crippen LogP contribution is 2.39. The maximum Gasteiger partial charge on any atom is 0.405 e. The summed E-state index contributed by atoms with van der Waals surface area (Å²) >= 11 is 0. The van der Waals surface area contributed by atoms with Crippen LogP contribution in [-0.4, -0.2) is 91.1 Å². The van der Waals surface area contributed by atoms with Crippen molar-refractivity contribution >= 4 is 5.96 Å². The van der Waals surface area contributed by atoms with Crippen LogP contribution in [0, 0.1) is 35.0 Å². The lowest BCUT2D eigenvalue weighted by Gasteiger charge is -2.46. The van der Waals surface area contributed by atoms with E-state index in [1.54, 1.807) is 0 Å². The Hall–Kier alpha value is -1.10. The van der Waals surface area contributed by atoms with E-state index in [4.69, 9.17) is 5.41 Å². The molecule has 5 rings (SSSR count). The van der Waals surface area contributed by atoms with Gasteiger partial charge in [0.05, 0.1) is 18.4 Å². The van der Waals surface area contributed by atoms with Gasteiger partial charge in [-0.25, -0.2) is 0 Å². The van der Waals surface area contributed by atoms with Crippen molar-refractivity contribution in [3.63, 3.8) is 0 Å². The van der Waals surface area contributed by atoms with Crippen LogP contribution in [0.5, 0.6) is 0 Å². The van der Waals surface area contributed by atoms with Crippen molar-refractivity contribution < 1.29 is 13.2 Å². The van der Waals surface area contributed by atoms with E-state index in [0.29, 0.717) is 23.7 Å². The molecule has 0 spiro atoms. The van der Waals surface area contributed by atoms with E-state index in [0.717, 1.165) is 44.7 Å². The number of likely N-dealkylation sites (N-methyl/N-ethyl adjacent to an activating group) is 2. The van der Waals surface area contributed by atoms with Gasteiger partial charge in [-0.05, 0) is 75.2 Å². The molecule has 0 amide bonds. The number of hydrogen-bond acceptors (Lipinski definition) is 5. The van der Waals surface area contributed by atoms with Crippen LogP contribution in [0.2, 0.25) is 0 Å². The van der Waals surface area contributed by atoms with Gasteiger partial charge in [-0.15, -0.1) is 0 Å². The van der Waals surface area contributed by atoms with Gasteiger partial charge in [0, 0.05) is 26.7 Å². The molecule has 4 N–H and O–H groups in total. The summed E-state index contributed by atoms with van der Waals surface area (Å²) in [5.41, 5.74) is 0. The highest BCUT2D eigenvalue weighted by atomic mass is 19.4. The van der Waals surface area contributed by atoms with Crippen molar-refractivity contribution in [1.29, 1.82) is 5.41 Å². The molecule has 37 heavy (non-hydrogen) atoms. The largest absolute Gasteiger partial charge is 0.405 e. The first kappa shape index (κ1) is 27.5. The Morgan fingerprint density at radius 2 is 1.68 bits per heavy atom. The van der Waals surface area contributed by atoms with Gasteiger partial charge < -0.3 is 9.80 Å². The molecular formula is C27H48F3N7. The van der Waals surface area contributed by atoms with Crippen molar-refractivity contribution in [3.05, 3.63) is 0 Å². The van der Waals surface area contributed by atoms with Gasteiger partial charge in [-0.1, -0.05) is 26.7 Å². The molecule has 3 heterocycles. The van der Waals surface area contributed by atoms with Gasteiger partial charge in [0.2, 0.25) is 0 Å². The normalized spacial score (nSPS) is 42.1. The van der Waals surface area contributed by atoms with Gasteiger partial charge in [0.1, 0.15) is 12.2 Å². The number of fused-ring (bicyclic) bond motifs is 1. The molecule has 0 bridgehead atoms. The third kappa shape index (κ3) is 5.50. The van der Waals surface area contributed by atoms with E-state index in [-0.39, 0.29) is 37.0 Å². The zero-order chi connectivity index (χ0) is 26.5. The molecule has 0 radical (unpaired) electrons. The second-order valence-electron chi connectivity index (χ2n) is 12.9. The van der Waals surface area contributed by atoms with Gasteiger partial charge in [-0.3, -0.25) is 26.3 Å². The van der Waals surface area contributed by atoms with Crippen molar-refractivity contribution in [2.75, 3.05) is 33.7 Å². The van der Waals surface area contributed by atoms with E-state index in [2.05, 4.69) is 39.6 Å². The molecular weight excluding hydrogens is 479 g/mol. The highest BCUT2D eigenvalue weighted by Gasteiger charge is 2.50. The molecule has 0 aromatic carbocycles. The molecule has 3 aliphatic heterocycles. The predicted octanol–water partition coefficient (Wildman–Crippen LogP) is 3.44. The Labute approximate surface area is 220 Å². The molecule has 10 heteroatoms. The predicted molar refractivity (Wildman–Crippen MR) is 140 cm³/mol. The number of rotatable bonds is 5. The second-order valence-corrected chi connectivity index (χ2v) is 12.9. The van der Waals surface area contributed by atoms with Crippen molar-refractivity contribution in [3.8, 4) is 0 Å². The molecule has 3 saturated heterocycles. The Morgan fingerprint density at radius 3 is 2.32 bits per heavy atom. The minimum Gasteiger partial charge on any atom is -0.338 e. The average molecular weight is 528 g/mol. The van der Waals surface area contributed by atoms with E-state index >= 15 is 0 Å². The van der Waals surface area contributed by atoms with Crippen LogP contribution in [0.3, 0.4) is 0 Å². The van der Waals surface area contributed by atoms with Gasteiger partial charge in [-0.2, -0.15) is 13.2 Å². The summed E-state index contributed by atoms with van der Waals surface area (Å²) in [7, 11) is 3.85. The van der Waals surface area contributed by atoms with Crippen LogP contribution in [0.15, 0.2) is 0 Å². The average Bonchev–Trinajstić information content (AvgIpc) is 3.38. The SMILES string of the molecule is CC(C)C1CCCCC1C1NCC2C(N1)N(CC1CCC(C3NC(C(F)(F)F)CN3C)CC1)C(=N)N2C. The summed E-state index contributed by atoms with van der Waals surface area (Å²) in [4.78, 5) is 6.26. The molecule has 2 saturated carbocycles. The number of nitrogens with one attached hydrogen (secondary N) is 4. The van der Waals surface area contributed by atoms with Gasteiger partial charge in [0.25, 0.3) is 0 Å². The molecule has 7 unspecified atom stereocenters. The highest BCUT2D eigenvalue weighted by molar-refractivity contribution is 5.80. The number of guanidine groups is 1. The quantitative estimate of drug-likeness (QED) is 0.439. The van der Waals surface area contributed by atoms with E-state index in [1.807, 2.05) is 19.0 Å². The Morgan fingerprint density at radius 1 is 0.973 bits per heavy atom. The first-order chi connectivity index (χ1) is 17.5. The summed E-state index contributed by atoms with van der Waals surface area (Å²) < 4.78 is 39.7. The third-order valence-electron chi connectivity index (χ3n) is 10.4. The lowest BCUT2D eigenvalue weighted by molar-refractivity contribution is -0.150. The molecule has 7 nitrogen and oxygen atoms in total. The van der Waals surface area contributed by atoms with Gasteiger partial charge >= 0.3 is 6.18 Å². The Balaban J connectivity index is 1.19. The molecule has 5 aliphatic rings. The fourth-order valence-electron chi connectivity index (χ4n) is 8.20. The number of alkyl halides is 3. The fraction of sp³-hybridized carbons (Fsp3) is 0.963. The smallest absolute Gasteiger partial charge is 0.338 e. The molecule has 7 atom stereocenters. The van der Waals surface area contributed by atoms with Crippen molar-refractivity contribution in [2.45, 2.75) is 102 Å². The van der Waals surface area contributed by atoms with Crippen molar-refractivity contribution in [2.24, 2.45) is 29.6 Å². The van der Waals surface area contributed by atoms with Crippen LogP contribution < -0.4 is 16.0 Å². The Kier molecular flexibility index (Phi) is 8.03. The second kappa shape index (κ2) is 10.8. The minimum absolute atomic E-state index is 0.0357. The summed E-state index contributed by atoms with van der Waals surface area (Å²) in [5.74, 6) is 3.37. The molecule has 0 aromatic heterocycles.